The average Bonchev–Trinajstić information content (AvgIpc) is 2.61. The van der Waals surface area contributed by atoms with Crippen molar-refractivity contribution in [2.75, 3.05) is 25.1 Å². The van der Waals surface area contributed by atoms with Gasteiger partial charge in [0.05, 0.1) is 29.3 Å². The first-order valence-corrected chi connectivity index (χ1v) is 10.2. The number of nitro benzene ring substituents is 1. The Bertz CT molecular complexity index is 800. The van der Waals surface area contributed by atoms with E-state index in [0.717, 1.165) is 24.1 Å². The highest BCUT2D eigenvalue weighted by Gasteiger charge is 2.39. The number of non-ortho nitro benzene ring substituents is 1. The van der Waals surface area contributed by atoms with Crippen molar-refractivity contribution in [1.82, 2.24) is 5.32 Å². The van der Waals surface area contributed by atoms with Gasteiger partial charge in [0.15, 0.2) is 0 Å². The summed E-state index contributed by atoms with van der Waals surface area (Å²) in [7, 11) is 1.67. The molecule has 1 aromatic carbocycles. The fourth-order valence-corrected chi connectivity index (χ4v) is 3.60. The topological polar surface area (TPSA) is 103 Å². The zero-order chi connectivity index (χ0) is 22.1. The van der Waals surface area contributed by atoms with Crippen LogP contribution < -0.4 is 10.2 Å². The quantitative estimate of drug-likeness (QED) is 0.532. The minimum absolute atomic E-state index is 0.0363. The monoisotopic (exact) mass is 421 g/mol. The lowest BCUT2D eigenvalue weighted by molar-refractivity contribution is -0.384. The second kappa shape index (κ2) is 8.39. The van der Waals surface area contributed by atoms with E-state index in [9.17, 15) is 14.9 Å². The van der Waals surface area contributed by atoms with E-state index in [4.69, 9.17) is 14.2 Å². The summed E-state index contributed by atoms with van der Waals surface area (Å²) in [5.74, 6) is 0. The van der Waals surface area contributed by atoms with E-state index in [1.165, 1.54) is 6.07 Å². The Morgan fingerprint density at radius 1 is 1.30 bits per heavy atom. The Kier molecular flexibility index (Phi) is 6.24. The number of anilines is 1. The Morgan fingerprint density at radius 3 is 2.53 bits per heavy atom. The van der Waals surface area contributed by atoms with Crippen LogP contribution in [0.5, 0.6) is 0 Å². The summed E-state index contributed by atoms with van der Waals surface area (Å²) in [5.41, 5.74) is 0.768. The van der Waals surface area contributed by atoms with Crippen molar-refractivity contribution in [3.05, 3.63) is 33.9 Å². The van der Waals surface area contributed by atoms with Gasteiger partial charge in [-0.25, -0.2) is 4.79 Å². The number of carbonyl (C=O) groups excluding carboxylic acids is 1. The van der Waals surface area contributed by atoms with E-state index in [1.54, 1.807) is 13.2 Å². The number of amides is 1. The van der Waals surface area contributed by atoms with Crippen molar-refractivity contribution in [3.63, 3.8) is 0 Å². The Morgan fingerprint density at radius 2 is 2.00 bits per heavy atom. The lowest BCUT2D eigenvalue weighted by Crippen LogP contribution is -2.61. The lowest BCUT2D eigenvalue weighted by atomic mass is 9.89. The number of methoxy groups -OCH3 is 1. The molecular formula is C21H31N3O6. The normalized spacial score (nSPS) is 22.6. The van der Waals surface area contributed by atoms with Gasteiger partial charge < -0.3 is 24.4 Å². The summed E-state index contributed by atoms with van der Waals surface area (Å²) in [4.78, 5) is 25.0. The molecule has 30 heavy (non-hydrogen) atoms. The standard InChI is InChI=1S/C21H31N3O6/c1-20(2,3)30-19(25)22-17-6-7-18(17)29-11-14-8-15(10-16(9-14)24(26)27)23-12-21(4,13-23)28-5/h8-10,17-18H,6-7,11-13H2,1-5H3,(H,22,25)/t17-,18-/m1/s1. The van der Waals surface area contributed by atoms with Gasteiger partial charge in [-0.05, 0) is 52.2 Å². The van der Waals surface area contributed by atoms with Crippen molar-refractivity contribution in [2.45, 2.75) is 70.5 Å². The summed E-state index contributed by atoms with van der Waals surface area (Å²) < 4.78 is 16.7. The molecule has 9 nitrogen and oxygen atoms in total. The number of nitro groups is 1. The molecule has 0 radical (unpaired) electrons. The molecule has 1 amide bonds. The minimum Gasteiger partial charge on any atom is -0.444 e. The predicted molar refractivity (Wildman–Crippen MR) is 112 cm³/mol. The lowest BCUT2D eigenvalue weighted by Gasteiger charge is -2.48. The minimum atomic E-state index is -0.556. The zero-order valence-corrected chi connectivity index (χ0v) is 18.3. The van der Waals surface area contributed by atoms with Crippen molar-refractivity contribution in [1.29, 1.82) is 0 Å². The third-order valence-electron chi connectivity index (χ3n) is 5.46. The molecule has 2 aliphatic rings. The van der Waals surface area contributed by atoms with Crippen LogP contribution in [-0.4, -0.2) is 54.6 Å². The third-order valence-corrected chi connectivity index (χ3v) is 5.46. The first-order chi connectivity index (χ1) is 14.0. The smallest absolute Gasteiger partial charge is 0.407 e. The number of rotatable bonds is 7. The fraction of sp³-hybridized carbons (Fsp3) is 0.667. The molecule has 166 valence electrons. The first kappa shape index (κ1) is 22.3. The molecule has 0 bridgehead atoms. The zero-order valence-electron chi connectivity index (χ0n) is 18.3. The number of benzene rings is 1. The first-order valence-electron chi connectivity index (χ1n) is 10.2. The van der Waals surface area contributed by atoms with Gasteiger partial charge >= 0.3 is 6.09 Å². The van der Waals surface area contributed by atoms with Gasteiger partial charge in [0.1, 0.15) is 5.60 Å². The van der Waals surface area contributed by atoms with Gasteiger partial charge in [0.2, 0.25) is 0 Å². The van der Waals surface area contributed by atoms with Crippen molar-refractivity contribution < 1.29 is 23.9 Å². The maximum Gasteiger partial charge on any atom is 0.407 e. The van der Waals surface area contributed by atoms with Gasteiger partial charge in [-0.1, -0.05) is 0 Å². The molecule has 1 aliphatic heterocycles. The number of nitrogens with zero attached hydrogens (tertiary/aromatic N) is 2. The number of nitrogens with one attached hydrogen (secondary N) is 1. The van der Waals surface area contributed by atoms with Crippen LogP contribution in [0.3, 0.4) is 0 Å². The molecule has 2 fully saturated rings. The van der Waals surface area contributed by atoms with Crippen molar-refractivity contribution in [3.8, 4) is 0 Å². The highest BCUT2D eigenvalue weighted by molar-refractivity contribution is 5.68. The molecule has 9 heteroatoms. The van der Waals surface area contributed by atoms with E-state index in [0.29, 0.717) is 13.1 Å². The molecule has 3 rings (SSSR count). The largest absolute Gasteiger partial charge is 0.444 e. The summed E-state index contributed by atoms with van der Waals surface area (Å²) >= 11 is 0. The maximum atomic E-state index is 12.0. The highest BCUT2D eigenvalue weighted by Crippen LogP contribution is 2.33. The third kappa shape index (κ3) is 5.40. The molecule has 1 saturated carbocycles. The molecule has 1 aromatic rings. The van der Waals surface area contributed by atoms with Gasteiger partial charge in [0, 0.05) is 38.0 Å². The summed E-state index contributed by atoms with van der Waals surface area (Å²) in [6.45, 7) is 9.04. The predicted octanol–water partition coefficient (Wildman–Crippen LogP) is 3.39. The fourth-order valence-electron chi connectivity index (χ4n) is 3.60. The van der Waals surface area contributed by atoms with Crippen LogP contribution in [0, 0.1) is 10.1 Å². The summed E-state index contributed by atoms with van der Waals surface area (Å²) in [5, 5.41) is 14.2. The van der Waals surface area contributed by atoms with Gasteiger partial charge in [0.25, 0.3) is 5.69 Å². The molecule has 2 atom stereocenters. The molecule has 0 aromatic heterocycles. The van der Waals surface area contributed by atoms with E-state index in [-0.39, 0.29) is 30.0 Å². The van der Waals surface area contributed by atoms with E-state index in [2.05, 4.69) is 10.2 Å². The van der Waals surface area contributed by atoms with E-state index in [1.807, 2.05) is 33.8 Å². The summed E-state index contributed by atoms with van der Waals surface area (Å²) in [6.07, 6.45) is 1.03. The van der Waals surface area contributed by atoms with Crippen molar-refractivity contribution >= 4 is 17.5 Å². The van der Waals surface area contributed by atoms with Crippen LogP contribution in [-0.2, 0) is 20.8 Å². The molecule has 0 spiro atoms. The molecule has 1 saturated heterocycles. The molecule has 0 unspecified atom stereocenters. The second-order valence-electron chi connectivity index (χ2n) is 9.30. The van der Waals surface area contributed by atoms with Crippen LogP contribution in [0.15, 0.2) is 18.2 Å². The number of carbonyl (C=O) groups is 1. The van der Waals surface area contributed by atoms with Crippen LogP contribution in [0.1, 0.15) is 46.1 Å². The van der Waals surface area contributed by atoms with E-state index < -0.39 is 16.6 Å². The number of hydrogen-bond acceptors (Lipinski definition) is 7. The highest BCUT2D eigenvalue weighted by atomic mass is 16.6. The molecule has 1 N–H and O–H groups in total. The Hall–Kier alpha value is -2.39. The SMILES string of the molecule is COC1(C)CN(c2cc(CO[C@@H]3CC[C@H]3NC(=O)OC(C)(C)C)cc([N+](=O)[O-])c2)C1. The summed E-state index contributed by atoms with van der Waals surface area (Å²) in [6, 6.07) is 4.91. The number of ether oxygens (including phenoxy) is 3. The Balaban J connectivity index is 1.60. The van der Waals surface area contributed by atoms with Crippen molar-refractivity contribution in [2.24, 2.45) is 0 Å². The van der Waals surface area contributed by atoms with Crippen LogP contribution in [0.2, 0.25) is 0 Å². The maximum absolute atomic E-state index is 12.0. The average molecular weight is 421 g/mol. The van der Waals surface area contributed by atoms with Gasteiger partial charge in [-0.3, -0.25) is 10.1 Å². The van der Waals surface area contributed by atoms with E-state index >= 15 is 0 Å². The van der Waals surface area contributed by atoms with Crippen LogP contribution >= 0.6 is 0 Å². The second-order valence-corrected chi connectivity index (χ2v) is 9.30. The number of hydrogen-bond donors (Lipinski definition) is 1. The van der Waals surface area contributed by atoms with Gasteiger partial charge in [-0.2, -0.15) is 0 Å². The number of alkyl carbamates (subject to hydrolysis) is 1. The Labute approximate surface area is 176 Å². The van der Waals surface area contributed by atoms with Crippen LogP contribution in [0.25, 0.3) is 0 Å². The molecular weight excluding hydrogens is 390 g/mol. The molecule has 1 heterocycles. The van der Waals surface area contributed by atoms with Gasteiger partial charge in [-0.15, -0.1) is 0 Å². The molecule has 1 aliphatic carbocycles. The van der Waals surface area contributed by atoms with Crippen LogP contribution in [0.4, 0.5) is 16.2 Å².